The van der Waals surface area contributed by atoms with E-state index in [-0.39, 0.29) is 24.7 Å². The second-order valence-corrected chi connectivity index (χ2v) is 7.76. The summed E-state index contributed by atoms with van der Waals surface area (Å²) in [4.78, 5) is -0.458. The maximum atomic E-state index is 13.9. The number of nitrogens with two attached hydrogens (primary N) is 1. The first kappa shape index (κ1) is 15.7. The quantitative estimate of drug-likeness (QED) is 0.778. The van der Waals surface area contributed by atoms with Crippen molar-refractivity contribution in [2.75, 3.05) is 18.8 Å². The molecule has 2 atom stereocenters. The Hall–Kier alpha value is -0.700. The Morgan fingerprint density at radius 2 is 2.15 bits per heavy atom. The Morgan fingerprint density at radius 1 is 1.50 bits per heavy atom. The van der Waals surface area contributed by atoms with E-state index in [4.69, 9.17) is 5.73 Å². The highest BCUT2D eigenvalue weighted by Gasteiger charge is 2.34. The van der Waals surface area contributed by atoms with Crippen molar-refractivity contribution in [1.29, 1.82) is 0 Å². The van der Waals surface area contributed by atoms with Crippen molar-refractivity contribution < 1.29 is 17.9 Å². The molecular formula is C12H16BrFN2O3S. The highest BCUT2D eigenvalue weighted by molar-refractivity contribution is 9.10. The molecule has 3 N–H and O–H groups in total. The van der Waals surface area contributed by atoms with E-state index in [0.29, 0.717) is 10.9 Å². The summed E-state index contributed by atoms with van der Waals surface area (Å²) in [6, 6.07) is 2.13. The Bertz CT molecular complexity index is 623. The van der Waals surface area contributed by atoms with E-state index in [1.54, 1.807) is 0 Å². The molecule has 0 bridgehead atoms. The molecule has 1 aliphatic heterocycles. The number of rotatable bonds is 2. The van der Waals surface area contributed by atoms with Gasteiger partial charge in [-0.2, -0.15) is 4.31 Å². The summed E-state index contributed by atoms with van der Waals surface area (Å²) in [7, 11) is -3.99. The molecular weight excluding hydrogens is 351 g/mol. The van der Waals surface area contributed by atoms with Gasteiger partial charge in [-0.3, -0.25) is 0 Å². The van der Waals surface area contributed by atoms with Crippen LogP contribution >= 0.6 is 15.9 Å². The van der Waals surface area contributed by atoms with Crippen LogP contribution in [0.5, 0.6) is 0 Å². The fourth-order valence-electron chi connectivity index (χ4n) is 2.12. The minimum Gasteiger partial charge on any atom is -0.398 e. The van der Waals surface area contributed by atoms with E-state index in [1.807, 2.05) is 6.92 Å². The number of nitrogens with zero attached hydrogens (tertiary/aromatic N) is 1. The van der Waals surface area contributed by atoms with Gasteiger partial charge in [-0.15, -0.1) is 0 Å². The highest BCUT2D eigenvalue weighted by atomic mass is 79.9. The maximum absolute atomic E-state index is 13.9. The average molecular weight is 367 g/mol. The number of hydrogen-bond donors (Lipinski definition) is 2. The third-order valence-electron chi connectivity index (χ3n) is 3.55. The van der Waals surface area contributed by atoms with Gasteiger partial charge in [0.05, 0.1) is 6.10 Å². The molecule has 1 aromatic carbocycles. The van der Waals surface area contributed by atoms with Crippen LogP contribution < -0.4 is 5.73 Å². The van der Waals surface area contributed by atoms with Gasteiger partial charge in [0.15, 0.2) is 0 Å². The van der Waals surface area contributed by atoms with E-state index in [9.17, 15) is 17.9 Å². The first-order valence-corrected chi connectivity index (χ1v) is 8.39. The van der Waals surface area contributed by atoms with Crippen LogP contribution in [0.3, 0.4) is 0 Å². The molecule has 20 heavy (non-hydrogen) atoms. The minimum absolute atomic E-state index is 0.0289. The Labute approximate surface area is 125 Å². The summed E-state index contributed by atoms with van der Waals surface area (Å²) >= 11 is 3.05. The number of sulfonamides is 1. The zero-order valence-electron chi connectivity index (χ0n) is 10.9. The third-order valence-corrected chi connectivity index (χ3v) is 6.12. The molecule has 112 valence electrons. The lowest BCUT2D eigenvalue weighted by Crippen LogP contribution is -2.45. The fourth-order valence-corrected chi connectivity index (χ4v) is 3.99. The van der Waals surface area contributed by atoms with Gasteiger partial charge in [0, 0.05) is 23.2 Å². The topological polar surface area (TPSA) is 83.6 Å². The van der Waals surface area contributed by atoms with Crippen LogP contribution in [0.25, 0.3) is 0 Å². The van der Waals surface area contributed by atoms with Crippen molar-refractivity contribution in [2.45, 2.75) is 24.3 Å². The van der Waals surface area contributed by atoms with Gasteiger partial charge in [-0.05, 0) is 40.4 Å². The number of benzene rings is 1. The molecule has 0 aromatic heterocycles. The zero-order valence-corrected chi connectivity index (χ0v) is 13.3. The molecule has 0 saturated carbocycles. The van der Waals surface area contributed by atoms with Crippen molar-refractivity contribution in [3.63, 3.8) is 0 Å². The van der Waals surface area contributed by atoms with Gasteiger partial charge < -0.3 is 10.8 Å². The number of halogens is 2. The molecule has 1 aromatic rings. The summed E-state index contributed by atoms with van der Waals surface area (Å²) in [6.07, 6.45) is -0.206. The molecule has 1 saturated heterocycles. The number of β-amino-alcohol motifs (C(OH)–C–C–N with tert-alkyl or cyclic N) is 1. The monoisotopic (exact) mass is 366 g/mol. The molecule has 1 fully saturated rings. The molecule has 1 heterocycles. The SMILES string of the molecule is CC1CCN(S(=O)(=O)c2cc(N)c(Br)cc2F)CC1O. The first-order valence-electron chi connectivity index (χ1n) is 6.16. The van der Waals surface area contributed by atoms with Crippen molar-refractivity contribution >= 4 is 31.6 Å². The lowest BCUT2D eigenvalue weighted by Gasteiger charge is -2.33. The number of hydrogen-bond acceptors (Lipinski definition) is 4. The molecule has 0 radical (unpaired) electrons. The number of aliphatic hydroxyl groups excluding tert-OH is 1. The predicted molar refractivity (Wildman–Crippen MR) is 77.1 cm³/mol. The molecule has 1 aliphatic rings. The third kappa shape index (κ3) is 2.83. The van der Waals surface area contributed by atoms with Crippen molar-refractivity contribution in [3.05, 3.63) is 22.4 Å². The van der Waals surface area contributed by atoms with Crippen LogP contribution in [0.2, 0.25) is 0 Å². The van der Waals surface area contributed by atoms with Crippen LogP contribution in [0.1, 0.15) is 13.3 Å². The number of aliphatic hydroxyl groups is 1. The molecule has 0 spiro atoms. The predicted octanol–water partition coefficient (Wildman–Crippen LogP) is 1.56. The fraction of sp³-hybridized carbons (Fsp3) is 0.500. The molecule has 0 aliphatic carbocycles. The van der Waals surface area contributed by atoms with E-state index in [0.717, 1.165) is 16.4 Å². The second-order valence-electron chi connectivity index (χ2n) is 5.00. The van der Waals surface area contributed by atoms with E-state index < -0.39 is 26.8 Å². The average Bonchev–Trinajstić information content (AvgIpc) is 2.36. The standard InChI is InChI=1S/C12H16BrFN2O3S/c1-7-2-3-16(6-11(7)17)20(18,19)12-5-10(15)8(13)4-9(12)14/h4-5,7,11,17H,2-3,6,15H2,1H3. The lowest BCUT2D eigenvalue weighted by molar-refractivity contribution is 0.0604. The van der Waals surface area contributed by atoms with Crippen LogP contribution in [0.15, 0.2) is 21.5 Å². The van der Waals surface area contributed by atoms with Gasteiger partial charge in [0.25, 0.3) is 0 Å². The van der Waals surface area contributed by atoms with Crippen LogP contribution in [0.4, 0.5) is 10.1 Å². The van der Waals surface area contributed by atoms with Gasteiger partial charge in [-0.1, -0.05) is 6.92 Å². The number of anilines is 1. The summed E-state index contributed by atoms with van der Waals surface area (Å²) in [6.45, 7) is 2.09. The first-order chi connectivity index (χ1) is 9.23. The summed E-state index contributed by atoms with van der Waals surface area (Å²) in [5.41, 5.74) is 5.77. The van der Waals surface area contributed by atoms with Gasteiger partial charge >= 0.3 is 0 Å². The molecule has 2 rings (SSSR count). The minimum atomic E-state index is -3.99. The van der Waals surface area contributed by atoms with Gasteiger partial charge in [0.2, 0.25) is 10.0 Å². The highest BCUT2D eigenvalue weighted by Crippen LogP contribution is 2.30. The maximum Gasteiger partial charge on any atom is 0.246 e. The molecule has 8 heteroatoms. The molecule has 2 unspecified atom stereocenters. The zero-order chi connectivity index (χ0) is 15.1. The number of nitrogen functional groups attached to an aromatic ring is 1. The Balaban J connectivity index is 2.38. The smallest absolute Gasteiger partial charge is 0.246 e. The van der Waals surface area contributed by atoms with E-state index in [2.05, 4.69) is 15.9 Å². The Morgan fingerprint density at radius 3 is 2.75 bits per heavy atom. The van der Waals surface area contributed by atoms with E-state index in [1.165, 1.54) is 0 Å². The summed E-state index contributed by atoms with van der Waals surface area (Å²) in [5, 5.41) is 9.79. The normalized spacial score (nSPS) is 24.8. The lowest BCUT2D eigenvalue weighted by atomic mass is 9.98. The van der Waals surface area contributed by atoms with E-state index >= 15 is 0 Å². The Kier molecular flexibility index (Phi) is 4.38. The summed E-state index contributed by atoms with van der Waals surface area (Å²) in [5.74, 6) is -0.833. The van der Waals surface area contributed by atoms with Gasteiger partial charge in [-0.25, -0.2) is 12.8 Å². The van der Waals surface area contributed by atoms with Crippen molar-refractivity contribution in [2.24, 2.45) is 5.92 Å². The largest absolute Gasteiger partial charge is 0.398 e. The second kappa shape index (κ2) is 5.59. The van der Waals surface area contributed by atoms with Crippen molar-refractivity contribution in [1.82, 2.24) is 4.31 Å². The van der Waals surface area contributed by atoms with Crippen molar-refractivity contribution in [3.8, 4) is 0 Å². The molecule has 5 nitrogen and oxygen atoms in total. The van der Waals surface area contributed by atoms with Gasteiger partial charge in [0.1, 0.15) is 10.7 Å². The van der Waals surface area contributed by atoms with Crippen LogP contribution in [-0.2, 0) is 10.0 Å². The number of piperidine rings is 1. The summed E-state index contributed by atoms with van der Waals surface area (Å²) < 4.78 is 40.2. The molecule has 0 amide bonds. The van der Waals surface area contributed by atoms with Crippen LogP contribution in [-0.4, -0.2) is 37.0 Å². The van der Waals surface area contributed by atoms with Crippen LogP contribution in [0, 0.1) is 11.7 Å².